The van der Waals surface area contributed by atoms with Gasteiger partial charge in [-0.3, -0.25) is 9.59 Å². The second kappa shape index (κ2) is 6.96. The van der Waals surface area contributed by atoms with E-state index in [4.69, 9.17) is 0 Å². The van der Waals surface area contributed by atoms with Crippen LogP contribution in [-0.4, -0.2) is 31.4 Å². The molecule has 1 aromatic carbocycles. The summed E-state index contributed by atoms with van der Waals surface area (Å²) in [6.45, 7) is 4.48. The van der Waals surface area contributed by atoms with Gasteiger partial charge in [-0.1, -0.05) is 24.6 Å². The molecule has 2 amide bonds. The second-order valence-corrected chi connectivity index (χ2v) is 6.39. The van der Waals surface area contributed by atoms with Gasteiger partial charge >= 0.3 is 0 Å². The molecule has 1 aliphatic carbocycles. The number of hydrogen-bond donors (Lipinski definition) is 3. The molecule has 2 aliphatic rings. The SMILES string of the molecule is CC1CC1C(=O)Nc1cccc(C(=O)NCC2=CCNCC2)c1. The van der Waals surface area contributed by atoms with Gasteiger partial charge < -0.3 is 16.0 Å². The highest BCUT2D eigenvalue weighted by Gasteiger charge is 2.39. The smallest absolute Gasteiger partial charge is 0.251 e. The van der Waals surface area contributed by atoms with Crippen LogP contribution >= 0.6 is 0 Å². The lowest BCUT2D eigenvalue weighted by Gasteiger charge is -2.14. The number of amides is 2. The average molecular weight is 313 g/mol. The molecular weight excluding hydrogens is 290 g/mol. The van der Waals surface area contributed by atoms with E-state index in [0.29, 0.717) is 23.7 Å². The molecule has 0 saturated heterocycles. The van der Waals surface area contributed by atoms with E-state index < -0.39 is 0 Å². The average Bonchev–Trinajstić information content (AvgIpc) is 3.31. The van der Waals surface area contributed by atoms with Crippen molar-refractivity contribution in [1.82, 2.24) is 10.6 Å². The van der Waals surface area contributed by atoms with Gasteiger partial charge in [0.25, 0.3) is 5.91 Å². The molecule has 5 heteroatoms. The number of hydrogen-bond acceptors (Lipinski definition) is 3. The maximum absolute atomic E-state index is 12.3. The fraction of sp³-hybridized carbons (Fsp3) is 0.444. The van der Waals surface area contributed by atoms with Crippen molar-refractivity contribution in [2.75, 3.05) is 25.0 Å². The Morgan fingerprint density at radius 1 is 1.35 bits per heavy atom. The molecule has 23 heavy (non-hydrogen) atoms. The molecule has 2 atom stereocenters. The molecule has 1 aromatic rings. The summed E-state index contributed by atoms with van der Waals surface area (Å²) in [5.74, 6) is 0.536. The maximum atomic E-state index is 12.3. The summed E-state index contributed by atoms with van der Waals surface area (Å²) < 4.78 is 0. The Kier molecular flexibility index (Phi) is 4.76. The van der Waals surface area contributed by atoms with Crippen LogP contribution in [0.4, 0.5) is 5.69 Å². The van der Waals surface area contributed by atoms with Crippen LogP contribution in [0.1, 0.15) is 30.1 Å². The maximum Gasteiger partial charge on any atom is 0.251 e. The van der Waals surface area contributed by atoms with Crippen LogP contribution in [0.2, 0.25) is 0 Å². The van der Waals surface area contributed by atoms with Gasteiger partial charge in [0.15, 0.2) is 0 Å². The van der Waals surface area contributed by atoms with E-state index in [-0.39, 0.29) is 17.7 Å². The van der Waals surface area contributed by atoms with Crippen molar-refractivity contribution in [2.45, 2.75) is 19.8 Å². The standard InChI is InChI=1S/C18H23N3O2/c1-12-9-16(12)18(23)21-15-4-2-3-14(10-15)17(22)20-11-13-5-7-19-8-6-13/h2-5,10,12,16,19H,6-9,11H2,1H3,(H,20,22)(H,21,23). The first-order chi connectivity index (χ1) is 11.1. The molecule has 122 valence electrons. The van der Waals surface area contributed by atoms with Gasteiger partial charge in [-0.25, -0.2) is 0 Å². The van der Waals surface area contributed by atoms with E-state index in [1.807, 2.05) is 6.07 Å². The van der Waals surface area contributed by atoms with Crippen molar-refractivity contribution in [3.63, 3.8) is 0 Å². The number of carbonyl (C=O) groups excluding carboxylic acids is 2. The molecule has 1 aliphatic heterocycles. The first-order valence-electron chi connectivity index (χ1n) is 8.21. The van der Waals surface area contributed by atoms with Crippen LogP contribution in [0.25, 0.3) is 0 Å². The lowest BCUT2D eigenvalue weighted by Crippen LogP contribution is -2.29. The lowest BCUT2D eigenvalue weighted by molar-refractivity contribution is -0.117. The molecule has 0 aromatic heterocycles. The van der Waals surface area contributed by atoms with Crippen LogP contribution in [0.15, 0.2) is 35.9 Å². The zero-order valence-electron chi connectivity index (χ0n) is 13.4. The van der Waals surface area contributed by atoms with Crippen LogP contribution in [0.5, 0.6) is 0 Å². The summed E-state index contributed by atoms with van der Waals surface area (Å²) in [5.41, 5.74) is 2.51. The van der Waals surface area contributed by atoms with Gasteiger partial charge in [-0.05, 0) is 43.5 Å². The van der Waals surface area contributed by atoms with Crippen LogP contribution in [0, 0.1) is 11.8 Å². The first-order valence-corrected chi connectivity index (χ1v) is 8.21. The molecule has 0 radical (unpaired) electrons. The van der Waals surface area contributed by atoms with Crippen LogP contribution in [-0.2, 0) is 4.79 Å². The molecular formula is C18H23N3O2. The normalized spacial score (nSPS) is 22.9. The Hall–Kier alpha value is -2.14. The molecule has 0 bridgehead atoms. The Labute approximate surface area is 136 Å². The molecule has 5 nitrogen and oxygen atoms in total. The van der Waals surface area contributed by atoms with Gasteiger partial charge in [0.1, 0.15) is 0 Å². The van der Waals surface area contributed by atoms with E-state index in [0.717, 1.165) is 25.9 Å². The predicted octanol–water partition coefficient (Wildman–Crippen LogP) is 1.93. The van der Waals surface area contributed by atoms with Crippen molar-refractivity contribution < 1.29 is 9.59 Å². The minimum Gasteiger partial charge on any atom is -0.348 e. The third-order valence-corrected chi connectivity index (χ3v) is 4.47. The molecule has 3 N–H and O–H groups in total. The summed E-state index contributed by atoms with van der Waals surface area (Å²) in [7, 11) is 0. The highest BCUT2D eigenvalue weighted by molar-refractivity contribution is 5.98. The third-order valence-electron chi connectivity index (χ3n) is 4.47. The topological polar surface area (TPSA) is 70.2 Å². The molecule has 1 fully saturated rings. The minimum absolute atomic E-state index is 0.0509. The monoisotopic (exact) mass is 313 g/mol. The van der Waals surface area contributed by atoms with Crippen molar-refractivity contribution in [3.8, 4) is 0 Å². The molecule has 1 saturated carbocycles. The lowest BCUT2D eigenvalue weighted by atomic mass is 10.1. The highest BCUT2D eigenvalue weighted by Crippen LogP contribution is 2.38. The second-order valence-electron chi connectivity index (χ2n) is 6.39. The van der Waals surface area contributed by atoms with Crippen LogP contribution in [0.3, 0.4) is 0 Å². The van der Waals surface area contributed by atoms with Gasteiger partial charge in [0, 0.05) is 30.3 Å². The minimum atomic E-state index is -0.111. The number of benzene rings is 1. The van der Waals surface area contributed by atoms with Crippen LogP contribution < -0.4 is 16.0 Å². The Bertz CT molecular complexity index is 639. The largest absolute Gasteiger partial charge is 0.348 e. The summed E-state index contributed by atoms with van der Waals surface area (Å²) in [6, 6.07) is 7.11. The van der Waals surface area contributed by atoms with E-state index in [1.165, 1.54) is 5.57 Å². The van der Waals surface area contributed by atoms with Gasteiger partial charge in [0.2, 0.25) is 5.91 Å². The van der Waals surface area contributed by atoms with Gasteiger partial charge in [-0.15, -0.1) is 0 Å². The highest BCUT2D eigenvalue weighted by atomic mass is 16.2. The quantitative estimate of drug-likeness (QED) is 0.728. The van der Waals surface area contributed by atoms with Crippen molar-refractivity contribution in [2.24, 2.45) is 11.8 Å². The fourth-order valence-electron chi connectivity index (χ4n) is 2.79. The van der Waals surface area contributed by atoms with E-state index >= 15 is 0 Å². The van der Waals surface area contributed by atoms with Crippen molar-refractivity contribution in [3.05, 3.63) is 41.5 Å². The van der Waals surface area contributed by atoms with E-state index in [9.17, 15) is 9.59 Å². The number of nitrogens with one attached hydrogen (secondary N) is 3. The predicted molar refractivity (Wildman–Crippen MR) is 90.2 cm³/mol. The number of carbonyl (C=O) groups is 2. The number of anilines is 1. The Morgan fingerprint density at radius 2 is 2.17 bits per heavy atom. The molecule has 2 unspecified atom stereocenters. The van der Waals surface area contributed by atoms with E-state index in [2.05, 4.69) is 29.0 Å². The summed E-state index contributed by atoms with van der Waals surface area (Å²) in [4.78, 5) is 24.2. The zero-order chi connectivity index (χ0) is 16.2. The molecule has 3 rings (SSSR count). The first kappa shape index (κ1) is 15.7. The summed E-state index contributed by atoms with van der Waals surface area (Å²) in [5, 5.41) is 9.09. The third kappa shape index (κ3) is 4.20. The van der Waals surface area contributed by atoms with Crippen molar-refractivity contribution >= 4 is 17.5 Å². The molecule has 1 heterocycles. The molecule has 0 spiro atoms. The Morgan fingerprint density at radius 3 is 2.87 bits per heavy atom. The van der Waals surface area contributed by atoms with Gasteiger partial charge in [-0.2, -0.15) is 0 Å². The van der Waals surface area contributed by atoms with Gasteiger partial charge in [0.05, 0.1) is 0 Å². The summed E-state index contributed by atoms with van der Waals surface area (Å²) >= 11 is 0. The summed E-state index contributed by atoms with van der Waals surface area (Å²) in [6.07, 6.45) is 4.04. The Balaban J connectivity index is 1.56. The number of rotatable bonds is 5. The van der Waals surface area contributed by atoms with E-state index in [1.54, 1.807) is 18.2 Å². The zero-order valence-corrected chi connectivity index (χ0v) is 13.4. The van der Waals surface area contributed by atoms with Crippen molar-refractivity contribution in [1.29, 1.82) is 0 Å². The fourth-order valence-corrected chi connectivity index (χ4v) is 2.79.